The lowest BCUT2D eigenvalue weighted by atomic mass is 9.88. The fourth-order valence-corrected chi connectivity index (χ4v) is 2.27. The van der Waals surface area contributed by atoms with Gasteiger partial charge >= 0.3 is 0 Å². The predicted molar refractivity (Wildman–Crippen MR) is 65.9 cm³/mol. The second kappa shape index (κ2) is 4.04. The number of amides is 1. The van der Waals surface area contributed by atoms with Gasteiger partial charge < -0.3 is 15.7 Å². The summed E-state index contributed by atoms with van der Waals surface area (Å²) >= 11 is 0. The van der Waals surface area contributed by atoms with Gasteiger partial charge in [-0.05, 0) is 37.5 Å². The van der Waals surface area contributed by atoms with E-state index in [1.54, 1.807) is 0 Å². The first-order valence-corrected chi connectivity index (χ1v) is 5.75. The number of carbonyl (C=O) groups excluding carboxylic acids is 1. The minimum absolute atomic E-state index is 0.00197. The lowest BCUT2D eigenvalue weighted by Gasteiger charge is -2.36. The van der Waals surface area contributed by atoms with Crippen molar-refractivity contribution in [3.63, 3.8) is 0 Å². The van der Waals surface area contributed by atoms with E-state index in [1.165, 1.54) is 0 Å². The number of hydrogen-bond acceptors (Lipinski definition) is 3. The zero-order valence-corrected chi connectivity index (χ0v) is 10.4. The van der Waals surface area contributed by atoms with E-state index in [9.17, 15) is 9.90 Å². The fourth-order valence-electron chi connectivity index (χ4n) is 2.27. The molecule has 92 valence electrons. The maximum atomic E-state index is 11.5. The molecule has 17 heavy (non-hydrogen) atoms. The average molecular weight is 234 g/mol. The maximum Gasteiger partial charge on any atom is 0.234 e. The summed E-state index contributed by atoms with van der Waals surface area (Å²) in [7, 11) is 0. The van der Waals surface area contributed by atoms with Gasteiger partial charge in [0.1, 0.15) is 5.75 Å². The predicted octanol–water partition coefficient (Wildman–Crippen LogP) is 0.944. The first-order valence-electron chi connectivity index (χ1n) is 5.75. The number of phenolic OH excluding ortho intramolecular Hbond substituents is 1. The summed E-state index contributed by atoms with van der Waals surface area (Å²) in [5, 5.41) is 15.9. The summed E-state index contributed by atoms with van der Waals surface area (Å²) in [4.78, 5) is 11.5. The molecule has 1 aliphatic rings. The summed E-state index contributed by atoms with van der Waals surface area (Å²) in [6.45, 7) is 6.79. The van der Waals surface area contributed by atoms with Crippen LogP contribution in [0.5, 0.6) is 5.75 Å². The van der Waals surface area contributed by atoms with Gasteiger partial charge in [0, 0.05) is 6.54 Å². The van der Waals surface area contributed by atoms with Gasteiger partial charge in [0.25, 0.3) is 0 Å². The van der Waals surface area contributed by atoms with Gasteiger partial charge in [-0.25, -0.2) is 0 Å². The molecule has 1 unspecified atom stereocenters. The molecule has 1 heterocycles. The van der Waals surface area contributed by atoms with Crippen LogP contribution < -0.4 is 10.6 Å². The van der Waals surface area contributed by atoms with Gasteiger partial charge in [-0.2, -0.15) is 0 Å². The smallest absolute Gasteiger partial charge is 0.234 e. The Bertz CT molecular complexity index is 447. The van der Waals surface area contributed by atoms with Crippen LogP contribution in [0.15, 0.2) is 12.1 Å². The summed E-state index contributed by atoms with van der Waals surface area (Å²) < 4.78 is 0. The molecule has 1 aromatic rings. The number of rotatable bonds is 1. The molecule has 0 spiro atoms. The molecule has 1 aliphatic heterocycles. The molecule has 0 saturated carbocycles. The van der Waals surface area contributed by atoms with Crippen LogP contribution in [0.3, 0.4) is 0 Å². The van der Waals surface area contributed by atoms with E-state index >= 15 is 0 Å². The number of carbonyl (C=O) groups is 1. The van der Waals surface area contributed by atoms with Crippen LogP contribution in [0.2, 0.25) is 0 Å². The largest absolute Gasteiger partial charge is 0.507 e. The molecule has 4 nitrogen and oxygen atoms in total. The average Bonchev–Trinajstić information content (AvgIpc) is 2.25. The normalized spacial score (nSPS) is 24.5. The number of benzene rings is 1. The van der Waals surface area contributed by atoms with Crippen molar-refractivity contribution in [1.82, 2.24) is 10.6 Å². The van der Waals surface area contributed by atoms with Crippen molar-refractivity contribution in [2.24, 2.45) is 0 Å². The van der Waals surface area contributed by atoms with Gasteiger partial charge in [-0.3, -0.25) is 4.79 Å². The molecule has 0 bridgehead atoms. The molecule has 1 amide bonds. The lowest BCUT2D eigenvalue weighted by Crippen LogP contribution is -2.58. The number of phenols is 1. The molecule has 1 saturated heterocycles. The van der Waals surface area contributed by atoms with Crippen LogP contribution in [0, 0.1) is 13.8 Å². The Hall–Kier alpha value is -1.55. The summed E-state index contributed by atoms with van der Waals surface area (Å²) in [5.41, 5.74) is 2.28. The van der Waals surface area contributed by atoms with E-state index in [-0.39, 0.29) is 5.91 Å². The Morgan fingerprint density at radius 3 is 2.41 bits per heavy atom. The standard InChI is InChI=1S/C13H18N2O2/c1-8-4-10(5-9(2)12(8)17)13(3)7-14-6-11(16)15-13/h4-5,14,17H,6-7H2,1-3H3,(H,15,16). The van der Waals surface area contributed by atoms with Crippen LogP contribution in [-0.4, -0.2) is 24.1 Å². The lowest BCUT2D eigenvalue weighted by molar-refractivity contribution is -0.123. The highest BCUT2D eigenvalue weighted by Gasteiger charge is 2.32. The summed E-state index contributed by atoms with van der Waals surface area (Å²) in [6.07, 6.45) is 0. The van der Waals surface area contributed by atoms with Crippen molar-refractivity contribution in [2.75, 3.05) is 13.1 Å². The minimum atomic E-state index is -0.404. The SMILES string of the molecule is Cc1cc(C2(C)CNCC(=O)N2)cc(C)c1O. The number of nitrogens with one attached hydrogen (secondary N) is 2. The molecule has 2 rings (SSSR count). The van der Waals surface area contributed by atoms with Crippen LogP contribution >= 0.6 is 0 Å². The molecule has 0 radical (unpaired) electrons. The quantitative estimate of drug-likeness (QED) is 0.678. The van der Waals surface area contributed by atoms with Crippen molar-refractivity contribution >= 4 is 5.91 Å². The Balaban J connectivity index is 2.42. The van der Waals surface area contributed by atoms with Crippen molar-refractivity contribution < 1.29 is 9.90 Å². The highest BCUT2D eigenvalue weighted by molar-refractivity contribution is 5.80. The topological polar surface area (TPSA) is 61.4 Å². The monoisotopic (exact) mass is 234 g/mol. The highest BCUT2D eigenvalue weighted by Crippen LogP contribution is 2.29. The molecule has 1 aromatic carbocycles. The zero-order chi connectivity index (χ0) is 12.6. The first kappa shape index (κ1) is 11.9. The summed E-state index contributed by atoms with van der Waals surface area (Å²) in [5.74, 6) is 0.328. The van der Waals surface area contributed by atoms with Crippen molar-refractivity contribution in [1.29, 1.82) is 0 Å². The van der Waals surface area contributed by atoms with E-state index < -0.39 is 5.54 Å². The van der Waals surface area contributed by atoms with Crippen LogP contribution in [0.4, 0.5) is 0 Å². The van der Waals surface area contributed by atoms with Crippen molar-refractivity contribution in [3.05, 3.63) is 28.8 Å². The molecular weight excluding hydrogens is 216 g/mol. The van der Waals surface area contributed by atoms with E-state index in [1.807, 2.05) is 32.9 Å². The molecule has 1 atom stereocenters. The second-order valence-corrected chi connectivity index (χ2v) is 4.94. The van der Waals surface area contributed by atoms with E-state index in [2.05, 4.69) is 10.6 Å². The molecule has 0 aromatic heterocycles. The third kappa shape index (κ3) is 2.13. The number of hydrogen-bond donors (Lipinski definition) is 3. The molecule has 3 N–H and O–H groups in total. The molecule has 0 aliphatic carbocycles. The molecule has 4 heteroatoms. The number of aromatic hydroxyl groups is 1. The highest BCUT2D eigenvalue weighted by atomic mass is 16.3. The molecular formula is C13H18N2O2. The number of piperazine rings is 1. The van der Waals surface area contributed by atoms with Gasteiger partial charge in [-0.1, -0.05) is 12.1 Å². The van der Waals surface area contributed by atoms with Crippen molar-refractivity contribution in [2.45, 2.75) is 26.3 Å². The molecule has 1 fully saturated rings. The Morgan fingerprint density at radius 1 is 1.29 bits per heavy atom. The minimum Gasteiger partial charge on any atom is -0.507 e. The van der Waals surface area contributed by atoms with E-state index in [0.717, 1.165) is 16.7 Å². The Kier molecular flexibility index (Phi) is 2.83. The van der Waals surface area contributed by atoms with Gasteiger partial charge in [-0.15, -0.1) is 0 Å². The van der Waals surface area contributed by atoms with E-state index in [0.29, 0.717) is 18.8 Å². The fraction of sp³-hybridized carbons (Fsp3) is 0.462. The van der Waals surface area contributed by atoms with Crippen LogP contribution in [0.1, 0.15) is 23.6 Å². The number of aryl methyl sites for hydroxylation is 2. The zero-order valence-electron chi connectivity index (χ0n) is 10.4. The van der Waals surface area contributed by atoms with Gasteiger partial charge in [0.2, 0.25) is 5.91 Å². The third-order valence-corrected chi connectivity index (χ3v) is 3.31. The van der Waals surface area contributed by atoms with Crippen LogP contribution in [0.25, 0.3) is 0 Å². The Labute approximate surface area is 101 Å². The third-order valence-electron chi connectivity index (χ3n) is 3.31. The maximum absolute atomic E-state index is 11.5. The van der Waals surface area contributed by atoms with Gasteiger partial charge in [0.15, 0.2) is 0 Å². The van der Waals surface area contributed by atoms with E-state index in [4.69, 9.17) is 0 Å². The summed E-state index contributed by atoms with van der Waals surface area (Å²) in [6, 6.07) is 3.85. The van der Waals surface area contributed by atoms with Crippen molar-refractivity contribution in [3.8, 4) is 5.75 Å². The van der Waals surface area contributed by atoms with Crippen LogP contribution in [-0.2, 0) is 10.3 Å². The second-order valence-electron chi connectivity index (χ2n) is 4.94. The van der Waals surface area contributed by atoms with Gasteiger partial charge in [0.05, 0.1) is 12.1 Å². The Morgan fingerprint density at radius 2 is 1.88 bits per heavy atom. The first-order chi connectivity index (χ1) is 7.92.